The Bertz CT molecular complexity index is 1080. The van der Waals surface area contributed by atoms with Crippen LogP contribution in [0.5, 0.6) is 0 Å². The van der Waals surface area contributed by atoms with Gasteiger partial charge in [0.25, 0.3) is 0 Å². The fourth-order valence-electron chi connectivity index (χ4n) is 4.76. The Labute approximate surface area is 170 Å². The molecule has 1 N–H and O–H groups in total. The number of amides is 1. The van der Waals surface area contributed by atoms with Gasteiger partial charge in [-0.05, 0) is 61.4 Å². The van der Waals surface area contributed by atoms with Gasteiger partial charge in [0.15, 0.2) is 0 Å². The van der Waals surface area contributed by atoms with Crippen LogP contribution in [-0.4, -0.2) is 16.3 Å². The second kappa shape index (κ2) is 7.36. The summed E-state index contributed by atoms with van der Waals surface area (Å²) >= 11 is 0. The number of aromatic nitrogens is 1. The molecule has 1 aliphatic carbocycles. The monoisotopic (exact) mass is 384 g/mol. The lowest BCUT2D eigenvalue weighted by Gasteiger charge is -2.20. The van der Waals surface area contributed by atoms with Crippen LogP contribution in [0.4, 0.5) is 5.69 Å². The molecule has 2 aromatic carbocycles. The predicted molar refractivity (Wildman–Crippen MR) is 113 cm³/mol. The van der Waals surface area contributed by atoms with Crippen LogP contribution in [0.2, 0.25) is 0 Å². The smallest absolute Gasteiger partial charge is 0.233 e. The molecule has 2 heterocycles. The van der Waals surface area contributed by atoms with Crippen LogP contribution in [0.1, 0.15) is 58.1 Å². The maximum Gasteiger partial charge on any atom is 0.233 e. The SMILES string of the molecule is O=C(c1ccccc1)c1ccc2n1CC[C@H]2C(=O)Nc1cccc2c1CCCC2. The molecular weight excluding hydrogens is 360 g/mol. The average molecular weight is 384 g/mol. The summed E-state index contributed by atoms with van der Waals surface area (Å²) in [6, 6.07) is 19.3. The topological polar surface area (TPSA) is 51.1 Å². The van der Waals surface area contributed by atoms with Gasteiger partial charge in [0.2, 0.25) is 11.7 Å². The van der Waals surface area contributed by atoms with E-state index < -0.39 is 0 Å². The Balaban J connectivity index is 1.38. The van der Waals surface area contributed by atoms with Gasteiger partial charge in [-0.15, -0.1) is 0 Å². The van der Waals surface area contributed by atoms with E-state index in [1.54, 1.807) is 0 Å². The first kappa shape index (κ1) is 17.9. The highest BCUT2D eigenvalue weighted by Crippen LogP contribution is 2.34. The minimum atomic E-state index is -0.216. The molecule has 3 aromatic rings. The van der Waals surface area contributed by atoms with E-state index in [0.29, 0.717) is 17.8 Å². The number of nitrogens with one attached hydrogen (secondary N) is 1. The number of ketones is 1. The third kappa shape index (κ3) is 3.19. The third-order valence-electron chi connectivity index (χ3n) is 6.25. The second-order valence-electron chi connectivity index (χ2n) is 7.97. The maximum absolute atomic E-state index is 13.1. The number of aryl methyl sites for hydroxylation is 1. The van der Waals surface area contributed by atoms with E-state index in [2.05, 4.69) is 11.4 Å². The quantitative estimate of drug-likeness (QED) is 0.662. The van der Waals surface area contributed by atoms with Crippen molar-refractivity contribution in [1.82, 2.24) is 4.57 Å². The van der Waals surface area contributed by atoms with E-state index in [1.807, 2.05) is 59.2 Å². The van der Waals surface area contributed by atoms with E-state index in [-0.39, 0.29) is 17.6 Å². The van der Waals surface area contributed by atoms with Gasteiger partial charge in [-0.3, -0.25) is 9.59 Å². The molecule has 4 heteroatoms. The lowest BCUT2D eigenvalue weighted by atomic mass is 9.90. The molecule has 5 rings (SSSR count). The van der Waals surface area contributed by atoms with Crippen LogP contribution in [-0.2, 0) is 24.2 Å². The molecule has 2 aliphatic rings. The molecule has 1 amide bonds. The summed E-state index contributed by atoms with van der Waals surface area (Å²) in [5, 5.41) is 3.19. The molecule has 0 unspecified atom stereocenters. The Hall–Kier alpha value is -3.14. The first-order chi connectivity index (χ1) is 14.2. The van der Waals surface area contributed by atoms with Crippen molar-refractivity contribution in [2.75, 3.05) is 5.32 Å². The number of carbonyl (C=O) groups excluding carboxylic acids is 2. The van der Waals surface area contributed by atoms with Gasteiger partial charge in [0.1, 0.15) is 0 Å². The Morgan fingerprint density at radius 2 is 1.72 bits per heavy atom. The predicted octanol–water partition coefficient (Wildman–Crippen LogP) is 4.72. The van der Waals surface area contributed by atoms with Crippen molar-refractivity contribution in [2.24, 2.45) is 0 Å². The van der Waals surface area contributed by atoms with Gasteiger partial charge in [0.05, 0.1) is 11.6 Å². The van der Waals surface area contributed by atoms with Gasteiger partial charge in [-0.2, -0.15) is 0 Å². The van der Waals surface area contributed by atoms with Crippen molar-refractivity contribution in [3.8, 4) is 0 Å². The third-order valence-corrected chi connectivity index (χ3v) is 6.25. The number of fused-ring (bicyclic) bond motifs is 2. The molecule has 0 spiro atoms. The van der Waals surface area contributed by atoms with Gasteiger partial charge < -0.3 is 9.88 Å². The molecule has 0 fully saturated rings. The van der Waals surface area contributed by atoms with Crippen molar-refractivity contribution >= 4 is 17.4 Å². The van der Waals surface area contributed by atoms with Crippen molar-refractivity contribution in [3.63, 3.8) is 0 Å². The molecular formula is C25H24N2O2. The first-order valence-electron chi connectivity index (χ1n) is 10.4. The van der Waals surface area contributed by atoms with Crippen molar-refractivity contribution < 1.29 is 9.59 Å². The number of rotatable bonds is 4. The molecule has 29 heavy (non-hydrogen) atoms. The zero-order valence-corrected chi connectivity index (χ0v) is 16.4. The highest BCUT2D eigenvalue weighted by atomic mass is 16.2. The highest BCUT2D eigenvalue weighted by Gasteiger charge is 2.32. The maximum atomic E-state index is 13.1. The molecule has 0 saturated carbocycles. The lowest BCUT2D eigenvalue weighted by molar-refractivity contribution is -0.117. The summed E-state index contributed by atoms with van der Waals surface area (Å²) < 4.78 is 2.01. The molecule has 1 atom stereocenters. The highest BCUT2D eigenvalue weighted by molar-refractivity contribution is 6.08. The van der Waals surface area contributed by atoms with Crippen LogP contribution in [0, 0.1) is 0 Å². The van der Waals surface area contributed by atoms with Crippen molar-refractivity contribution in [2.45, 2.75) is 44.6 Å². The van der Waals surface area contributed by atoms with E-state index in [9.17, 15) is 9.59 Å². The summed E-state index contributed by atoms with van der Waals surface area (Å²) in [6.45, 7) is 0.696. The largest absolute Gasteiger partial charge is 0.341 e. The van der Waals surface area contributed by atoms with E-state index in [0.717, 1.165) is 30.6 Å². The zero-order chi connectivity index (χ0) is 19.8. The van der Waals surface area contributed by atoms with Crippen LogP contribution >= 0.6 is 0 Å². The summed E-state index contributed by atoms with van der Waals surface area (Å²) in [6.07, 6.45) is 5.25. The van der Waals surface area contributed by atoms with E-state index >= 15 is 0 Å². The second-order valence-corrected chi connectivity index (χ2v) is 7.97. The average Bonchev–Trinajstić information content (AvgIpc) is 3.36. The van der Waals surface area contributed by atoms with Crippen LogP contribution in [0.25, 0.3) is 0 Å². The van der Waals surface area contributed by atoms with Gasteiger partial charge in [-0.25, -0.2) is 0 Å². The summed E-state index contributed by atoms with van der Waals surface area (Å²) in [7, 11) is 0. The fourth-order valence-corrected chi connectivity index (χ4v) is 4.76. The molecule has 4 nitrogen and oxygen atoms in total. The molecule has 146 valence electrons. The minimum absolute atomic E-state index is 0.00929. The molecule has 1 aromatic heterocycles. The number of benzene rings is 2. The lowest BCUT2D eigenvalue weighted by Crippen LogP contribution is -2.21. The zero-order valence-electron chi connectivity index (χ0n) is 16.4. The Morgan fingerprint density at radius 3 is 2.59 bits per heavy atom. The standard InChI is InChI=1S/C25H24N2O2/c28-24(18-8-2-1-3-9-18)23-14-13-22-20(15-16-27(22)23)25(29)26-21-12-6-10-17-7-4-5-11-19(17)21/h1-3,6,8-10,12-14,20H,4-5,7,11,15-16H2,(H,26,29)/t20-/m1/s1. The molecule has 0 saturated heterocycles. The summed E-state index contributed by atoms with van der Waals surface area (Å²) in [5.41, 5.74) is 5.89. The van der Waals surface area contributed by atoms with Crippen LogP contribution in [0.15, 0.2) is 60.7 Å². The van der Waals surface area contributed by atoms with Crippen molar-refractivity contribution in [3.05, 3.63) is 88.7 Å². The summed E-state index contributed by atoms with van der Waals surface area (Å²) in [4.78, 5) is 26.0. The number of hydrogen-bond donors (Lipinski definition) is 1. The normalized spacial score (nSPS) is 17.4. The van der Waals surface area contributed by atoms with Crippen LogP contribution < -0.4 is 5.32 Å². The Kier molecular flexibility index (Phi) is 4.55. The first-order valence-corrected chi connectivity index (χ1v) is 10.4. The van der Waals surface area contributed by atoms with Gasteiger partial charge >= 0.3 is 0 Å². The number of anilines is 1. The Morgan fingerprint density at radius 1 is 0.897 bits per heavy atom. The minimum Gasteiger partial charge on any atom is -0.341 e. The molecule has 1 aliphatic heterocycles. The van der Waals surface area contributed by atoms with Gasteiger partial charge in [0, 0.05) is 23.5 Å². The number of nitrogens with zero attached hydrogens (tertiary/aromatic N) is 1. The molecule has 0 radical (unpaired) electrons. The molecule has 0 bridgehead atoms. The van der Waals surface area contributed by atoms with Crippen molar-refractivity contribution in [1.29, 1.82) is 0 Å². The summed E-state index contributed by atoms with van der Waals surface area (Å²) in [5.74, 6) is -0.179. The number of hydrogen-bond acceptors (Lipinski definition) is 2. The van der Waals surface area contributed by atoms with Gasteiger partial charge in [-0.1, -0.05) is 42.5 Å². The number of carbonyl (C=O) groups is 2. The van der Waals surface area contributed by atoms with E-state index in [1.165, 1.54) is 24.0 Å². The fraction of sp³-hybridized carbons (Fsp3) is 0.280. The van der Waals surface area contributed by atoms with Crippen LogP contribution in [0.3, 0.4) is 0 Å². The van der Waals surface area contributed by atoms with E-state index in [4.69, 9.17) is 0 Å².